The van der Waals surface area contributed by atoms with E-state index >= 15 is 0 Å². The Labute approximate surface area is 207 Å². The Hall–Kier alpha value is 0.486. The molecule has 0 aliphatic rings. The average molecular weight is 435 g/mol. The molecule has 0 aliphatic carbocycles. The first-order valence-electron chi connectivity index (χ1n) is 9.58. The van der Waals surface area contributed by atoms with Crippen molar-refractivity contribution in [2.24, 2.45) is 5.92 Å². The first-order chi connectivity index (χ1) is 12.1. The molecule has 0 spiro atoms. The second-order valence-electron chi connectivity index (χ2n) is 6.93. The Bertz CT molecular complexity index is 542. The van der Waals surface area contributed by atoms with Crippen molar-refractivity contribution in [1.82, 2.24) is 0 Å². The maximum absolute atomic E-state index is 12.0. The Balaban J connectivity index is -0.00000312. The van der Waals surface area contributed by atoms with E-state index in [1.54, 1.807) is 0 Å². The summed E-state index contributed by atoms with van der Waals surface area (Å²) in [4.78, 5) is 23.6. The van der Waals surface area contributed by atoms with Gasteiger partial charge in [0.25, 0.3) is 10.1 Å². The van der Waals surface area contributed by atoms with Gasteiger partial charge in [0.2, 0.25) is 4.75 Å². The summed E-state index contributed by atoms with van der Waals surface area (Å²) < 4.78 is 31.0. The molecule has 156 valence electrons. The van der Waals surface area contributed by atoms with Crippen LogP contribution in [0.5, 0.6) is 0 Å². The van der Waals surface area contributed by atoms with Gasteiger partial charge >= 0.3 is 63.3 Å². The number of hydrogen-bond donors (Lipinski definition) is 3. The topological polar surface area (TPSA) is 129 Å². The van der Waals surface area contributed by atoms with Gasteiger partial charge < -0.3 is 11.6 Å². The number of aliphatic carboxylic acids is 2. The van der Waals surface area contributed by atoms with Crippen LogP contribution in [0.25, 0.3) is 0 Å². The van der Waals surface area contributed by atoms with Crippen LogP contribution < -0.4 is 51.4 Å². The quantitative estimate of drug-likeness (QED) is 0.189. The van der Waals surface area contributed by atoms with Gasteiger partial charge in [-0.2, -0.15) is 8.42 Å². The summed E-state index contributed by atoms with van der Waals surface area (Å²) in [5.74, 6) is -4.94. The van der Waals surface area contributed by atoms with Crippen molar-refractivity contribution in [2.75, 3.05) is 0 Å². The van der Waals surface area contributed by atoms with Crippen molar-refractivity contribution in [3.05, 3.63) is 0 Å². The molecule has 0 aromatic rings. The Morgan fingerprint density at radius 3 is 1.70 bits per heavy atom. The van der Waals surface area contributed by atoms with Gasteiger partial charge in [-0.25, -0.2) is 0 Å². The van der Waals surface area contributed by atoms with Crippen LogP contribution in [0, 0.1) is 5.92 Å². The van der Waals surface area contributed by atoms with Crippen molar-refractivity contribution < 1.29 is 85.6 Å². The Kier molecular flexibility index (Phi) is 16.9. The zero-order valence-electron chi connectivity index (χ0n) is 17.9. The minimum absolute atomic E-state index is 0. The minimum Gasteiger partial charge on any atom is -1.00 e. The third-order valence-electron chi connectivity index (χ3n) is 4.93. The normalized spacial score (nSPS) is 14.8. The van der Waals surface area contributed by atoms with Gasteiger partial charge in [-0.3, -0.25) is 14.1 Å². The van der Waals surface area contributed by atoms with E-state index in [2.05, 4.69) is 0 Å². The molecule has 0 aromatic heterocycles. The summed E-state index contributed by atoms with van der Waals surface area (Å²) in [7, 11) is -5.09. The van der Waals surface area contributed by atoms with Gasteiger partial charge in [0.1, 0.15) is 0 Å². The number of hydrogen-bond acceptors (Lipinski definition) is 4. The molecular formula is C18H35KO7S. The average Bonchev–Trinajstić information content (AvgIpc) is 2.53. The second-order valence-corrected chi connectivity index (χ2v) is 8.61. The fourth-order valence-electron chi connectivity index (χ4n) is 3.35. The Morgan fingerprint density at radius 1 is 0.889 bits per heavy atom. The standard InChI is InChI=1S/C18H34O7S.K.H/c1-3-5-7-9-11-13-15(16(19)20)18(17(21)22,26(23,24)25)14-12-10-8-6-4-2;;/h15H,3-14H2,1-2H3,(H,19,20)(H,21,22)(H,23,24,25);;/q;+1;-1. The largest absolute Gasteiger partial charge is 1.00 e. The van der Waals surface area contributed by atoms with Gasteiger partial charge in [0.15, 0.2) is 0 Å². The fourth-order valence-corrected chi connectivity index (χ4v) is 4.55. The molecule has 0 aromatic carbocycles. The van der Waals surface area contributed by atoms with Crippen LogP contribution in [0.15, 0.2) is 0 Å². The molecule has 7 nitrogen and oxygen atoms in total. The summed E-state index contributed by atoms with van der Waals surface area (Å²) in [6.45, 7) is 4.05. The molecule has 3 N–H and O–H groups in total. The van der Waals surface area contributed by atoms with Gasteiger partial charge in [0.05, 0.1) is 5.92 Å². The molecule has 0 radical (unpaired) electrons. The minimum atomic E-state index is -5.09. The summed E-state index contributed by atoms with van der Waals surface area (Å²) in [6, 6.07) is 0. The zero-order valence-corrected chi connectivity index (χ0v) is 20.9. The fraction of sp³-hybridized carbons (Fsp3) is 0.889. The van der Waals surface area contributed by atoms with Gasteiger partial charge in [-0.05, 0) is 12.8 Å². The van der Waals surface area contributed by atoms with Crippen LogP contribution in [-0.2, 0) is 19.7 Å². The molecule has 0 amide bonds. The maximum atomic E-state index is 12.0. The predicted molar refractivity (Wildman–Crippen MR) is 101 cm³/mol. The number of rotatable bonds is 16. The van der Waals surface area contributed by atoms with Crippen LogP contribution >= 0.6 is 0 Å². The molecule has 0 bridgehead atoms. The third kappa shape index (κ3) is 9.69. The summed E-state index contributed by atoms with van der Waals surface area (Å²) in [5, 5.41) is 19.1. The molecule has 2 atom stereocenters. The molecule has 0 fully saturated rings. The van der Waals surface area contributed by atoms with Crippen LogP contribution in [0.4, 0.5) is 0 Å². The molecule has 0 rings (SSSR count). The Morgan fingerprint density at radius 2 is 1.33 bits per heavy atom. The number of carboxylic acids is 2. The van der Waals surface area contributed by atoms with E-state index in [-0.39, 0.29) is 65.7 Å². The first-order valence-corrected chi connectivity index (χ1v) is 11.0. The second kappa shape index (κ2) is 15.3. The molecule has 0 aliphatic heterocycles. The number of carbonyl (C=O) groups is 2. The van der Waals surface area contributed by atoms with Gasteiger partial charge in [0, 0.05) is 0 Å². The molecule has 27 heavy (non-hydrogen) atoms. The van der Waals surface area contributed by atoms with E-state index in [1.165, 1.54) is 0 Å². The predicted octanol–water partition coefficient (Wildman–Crippen LogP) is 1.24. The summed E-state index contributed by atoms with van der Waals surface area (Å²) in [5.41, 5.74) is 0. The maximum Gasteiger partial charge on any atom is 1.00 e. The molecule has 0 saturated carbocycles. The van der Waals surface area contributed by atoms with Crippen LogP contribution in [0.1, 0.15) is 92.3 Å². The van der Waals surface area contributed by atoms with Crippen LogP contribution in [-0.4, -0.2) is 39.9 Å². The van der Waals surface area contributed by atoms with E-state index < -0.39 is 39.1 Å². The first kappa shape index (κ1) is 29.7. The molecule has 2 unspecified atom stereocenters. The summed E-state index contributed by atoms with van der Waals surface area (Å²) in [6.07, 6.45) is 7.07. The summed E-state index contributed by atoms with van der Waals surface area (Å²) >= 11 is 0. The smallest absolute Gasteiger partial charge is 1.00 e. The molecule has 0 heterocycles. The van der Waals surface area contributed by atoms with Crippen molar-refractivity contribution in [3.8, 4) is 0 Å². The number of unbranched alkanes of at least 4 members (excludes halogenated alkanes) is 8. The van der Waals surface area contributed by atoms with Crippen molar-refractivity contribution >= 4 is 22.1 Å². The third-order valence-corrected chi connectivity index (χ3v) is 6.52. The van der Waals surface area contributed by atoms with Crippen LogP contribution in [0.3, 0.4) is 0 Å². The number of carboxylic acid groups (broad SMARTS) is 2. The van der Waals surface area contributed by atoms with E-state index in [1.807, 2.05) is 13.8 Å². The zero-order chi connectivity index (χ0) is 20.2. The van der Waals surface area contributed by atoms with E-state index in [9.17, 15) is 32.8 Å². The van der Waals surface area contributed by atoms with E-state index in [0.29, 0.717) is 19.3 Å². The van der Waals surface area contributed by atoms with Gasteiger partial charge in [-0.15, -0.1) is 0 Å². The van der Waals surface area contributed by atoms with Crippen molar-refractivity contribution in [1.29, 1.82) is 0 Å². The molecule has 9 heteroatoms. The molecular weight excluding hydrogens is 399 g/mol. The van der Waals surface area contributed by atoms with Crippen molar-refractivity contribution in [2.45, 2.75) is 95.6 Å². The van der Waals surface area contributed by atoms with Crippen LogP contribution in [0.2, 0.25) is 0 Å². The van der Waals surface area contributed by atoms with E-state index in [0.717, 1.165) is 38.5 Å². The molecule has 0 saturated heterocycles. The monoisotopic (exact) mass is 434 g/mol. The van der Waals surface area contributed by atoms with Crippen molar-refractivity contribution in [3.63, 3.8) is 0 Å². The SMILES string of the molecule is CCCCCCCC(C(=O)O)C(CCCCCCC)(C(=O)O)S(=O)(=O)O.[H-].[K+]. The van der Waals surface area contributed by atoms with E-state index in [4.69, 9.17) is 0 Å². The van der Waals surface area contributed by atoms with Gasteiger partial charge in [-0.1, -0.05) is 78.1 Å².